The van der Waals surface area contributed by atoms with Gasteiger partial charge in [0.1, 0.15) is 5.76 Å². The first-order valence-corrected chi connectivity index (χ1v) is 8.37. The van der Waals surface area contributed by atoms with Crippen LogP contribution in [0, 0.1) is 0 Å². The number of esters is 1. The summed E-state index contributed by atoms with van der Waals surface area (Å²) < 4.78 is 10.2. The first kappa shape index (κ1) is 18.1. The lowest BCUT2D eigenvalue weighted by atomic mass is 10.1. The minimum Gasteiger partial charge on any atom is -0.465 e. The summed E-state index contributed by atoms with van der Waals surface area (Å²) in [7, 11) is 0. The second kappa shape index (κ2) is 8.61. The van der Waals surface area contributed by atoms with Gasteiger partial charge in [0.25, 0.3) is 0 Å². The molecule has 0 amide bonds. The van der Waals surface area contributed by atoms with Crippen LogP contribution < -0.4 is 11.1 Å². The summed E-state index contributed by atoms with van der Waals surface area (Å²) in [5.74, 6) is 0.589. The third kappa shape index (κ3) is 5.15. The maximum Gasteiger partial charge on any atom is 0.331 e. The van der Waals surface area contributed by atoms with Crippen molar-refractivity contribution in [3.05, 3.63) is 65.9 Å². The lowest BCUT2D eigenvalue weighted by molar-refractivity contribution is -0.139. The fourth-order valence-electron chi connectivity index (χ4n) is 2.35. The molecule has 0 unspecified atom stereocenters. The number of ether oxygens (including phenoxy) is 1. The smallest absolute Gasteiger partial charge is 0.331 e. The molecule has 0 aliphatic heterocycles. The number of anilines is 3. The van der Waals surface area contributed by atoms with E-state index < -0.39 is 5.97 Å². The number of carbonyl (C=O) groups excluding carboxylic acids is 1. The summed E-state index contributed by atoms with van der Waals surface area (Å²) in [4.78, 5) is 24.1. The second-order valence-corrected chi connectivity index (χ2v) is 5.53. The van der Waals surface area contributed by atoms with E-state index in [0.29, 0.717) is 11.7 Å². The van der Waals surface area contributed by atoms with Crippen molar-refractivity contribution in [1.82, 2.24) is 15.0 Å². The summed E-state index contributed by atoms with van der Waals surface area (Å²) in [6, 6.07) is 11.3. The number of nitrogen functional groups attached to an aromatic ring is 1. The largest absolute Gasteiger partial charge is 0.465 e. The van der Waals surface area contributed by atoms with Gasteiger partial charge in [0, 0.05) is 11.8 Å². The van der Waals surface area contributed by atoms with Crippen molar-refractivity contribution in [3.8, 4) is 0 Å². The molecular formula is C19H19N5O3. The van der Waals surface area contributed by atoms with Crippen LogP contribution in [0.3, 0.4) is 0 Å². The van der Waals surface area contributed by atoms with Crippen LogP contribution >= 0.6 is 0 Å². The van der Waals surface area contributed by atoms with Crippen molar-refractivity contribution in [2.24, 2.45) is 0 Å². The summed E-state index contributed by atoms with van der Waals surface area (Å²) in [5.41, 5.74) is 7.75. The monoisotopic (exact) mass is 365 g/mol. The van der Waals surface area contributed by atoms with E-state index in [1.807, 2.05) is 24.3 Å². The Bertz CT molecular complexity index is 938. The molecule has 3 aromatic rings. The Balaban J connectivity index is 1.65. The predicted octanol–water partition coefficient (Wildman–Crippen LogP) is 3.11. The van der Waals surface area contributed by atoms with Gasteiger partial charge >= 0.3 is 5.97 Å². The van der Waals surface area contributed by atoms with Crippen molar-refractivity contribution in [2.75, 3.05) is 11.1 Å². The van der Waals surface area contributed by atoms with E-state index in [2.05, 4.69) is 27.2 Å². The Morgan fingerprint density at radius 1 is 1.22 bits per heavy atom. The maximum atomic E-state index is 11.8. The molecule has 0 bridgehead atoms. The number of nitrogens with one attached hydrogen (secondary N) is 1. The Morgan fingerprint density at radius 2 is 2.07 bits per heavy atom. The van der Waals surface area contributed by atoms with Crippen molar-refractivity contribution in [2.45, 2.75) is 20.0 Å². The molecule has 3 N–H and O–H groups in total. The molecule has 0 spiro atoms. The van der Waals surface area contributed by atoms with Gasteiger partial charge in [-0.15, -0.1) is 0 Å². The van der Waals surface area contributed by atoms with E-state index in [9.17, 15) is 4.79 Å². The first-order chi connectivity index (χ1) is 13.1. The molecule has 0 atom stereocenters. The lowest BCUT2D eigenvalue weighted by Crippen LogP contribution is -2.10. The molecule has 0 fully saturated rings. The minimum atomic E-state index is -0.545. The molecule has 27 heavy (non-hydrogen) atoms. The van der Waals surface area contributed by atoms with Crippen molar-refractivity contribution >= 4 is 29.6 Å². The number of carbonyl (C=O) groups is 1. The fourth-order valence-corrected chi connectivity index (χ4v) is 2.35. The number of furan rings is 1. The van der Waals surface area contributed by atoms with Crippen LogP contribution in [0.4, 0.5) is 17.6 Å². The third-order valence-corrected chi connectivity index (χ3v) is 3.61. The Kier molecular flexibility index (Phi) is 5.78. The zero-order valence-electron chi connectivity index (χ0n) is 14.8. The van der Waals surface area contributed by atoms with Gasteiger partial charge in [0.15, 0.2) is 12.4 Å². The molecule has 1 aromatic carbocycles. The number of aromatic nitrogens is 3. The standard InChI is InChI=1S/C19H19N5O3/c1-2-13-6-3-4-8-15(13)21-19-23-16(22-18(20)24-19)12-27-17(25)10-9-14-7-5-11-26-14/h3-11H,2,12H2,1H3,(H3,20,21,22,23,24)/b10-9+. The van der Waals surface area contributed by atoms with Crippen LogP contribution in [0.25, 0.3) is 6.08 Å². The molecule has 0 saturated carbocycles. The van der Waals surface area contributed by atoms with Gasteiger partial charge in [-0.2, -0.15) is 15.0 Å². The summed E-state index contributed by atoms with van der Waals surface area (Å²) in [5, 5.41) is 3.13. The molecule has 0 radical (unpaired) electrons. The van der Waals surface area contributed by atoms with Gasteiger partial charge in [-0.3, -0.25) is 0 Å². The molecule has 8 heteroatoms. The predicted molar refractivity (Wildman–Crippen MR) is 101 cm³/mol. The average Bonchev–Trinajstić information content (AvgIpc) is 3.18. The Morgan fingerprint density at radius 3 is 2.85 bits per heavy atom. The number of aryl methyl sites for hydroxylation is 1. The highest BCUT2D eigenvalue weighted by atomic mass is 16.5. The molecule has 138 valence electrons. The van der Waals surface area contributed by atoms with E-state index in [4.69, 9.17) is 14.9 Å². The number of hydrogen-bond donors (Lipinski definition) is 2. The summed E-state index contributed by atoms with van der Waals surface area (Å²) in [6.07, 6.45) is 5.15. The van der Waals surface area contributed by atoms with Crippen LogP contribution in [0.1, 0.15) is 24.1 Å². The molecule has 0 aliphatic rings. The van der Waals surface area contributed by atoms with Crippen LogP contribution in [-0.2, 0) is 22.6 Å². The van der Waals surface area contributed by atoms with Gasteiger partial charge in [0.2, 0.25) is 11.9 Å². The SMILES string of the molecule is CCc1ccccc1Nc1nc(N)nc(COC(=O)/C=C/c2ccco2)n1. The molecule has 2 aromatic heterocycles. The second-order valence-electron chi connectivity index (χ2n) is 5.53. The third-order valence-electron chi connectivity index (χ3n) is 3.61. The zero-order chi connectivity index (χ0) is 19.1. The van der Waals surface area contributed by atoms with Crippen LogP contribution in [0.15, 0.2) is 53.2 Å². The number of nitrogens with two attached hydrogens (primary N) is 1. The van der Waals surface area contributed by atoms with Crippen molar-refractivity contribution in [3.63, 3.8) is 0 Å². The zero-order valence-corrected chi connectivity index (χ0v) is 14.8. The van der Waals surface area contributed by atoms with E-state index >= 15 is 0 Å². The summed E-state index contributed by atoms with van der Waals surface area (Å²) >= 11 is 0. The van der Waals surface area contributed by atoms with Crippen LogP contribution in [0.2, 0.25) is 0 Å². The van der Waals surface area contributed by atoms with E-state index in [1.165, 1.54) is 18.4 Å². The molecule has 0 saturated heterocycles. The topological polar surface area (TPSA) is 116 Å². The van der Waals surface area contributed by atoms with Gasteiger partial charge < -0.3 is 20.2 Å². The number of para-hydroxylation sites is 1. The molecule has 8 nitrogen and oxygen atoms in total. The van der Waals surface area contributed by atoms with Gasteiger partial charge in [-0.25, -0.2) is 4.79 Å². The number of hydrogen-bond acceptors (Lipinski definition) is 8. The highest BCUT2D eigenvalue weighted by molar-refractivity contribution is 5.86. The van der Waals surface area contributed by atoms with Gasteiger partial charge in [0.05, 0.1) is 6.26 Å². The van der Waals surface area contributed by atoms with E-state index in [1.54, 1.807) is 12.1 Å². The maximum absolute atomic E-state index is 11.8. The molecular weight excluding hydrogens is 346 g/mol. The normalized spacial score (nSPS) is 10.9. The number of benzene rings is 1. The van der Waals surface area contributed by atoms with Crippen LogP contribution in [-0.4, -0.2) is 20.9 Å². The van der Waals surface area contributed by atoms with Gasteiger partial charge in [-0.05, 0) is 36.3 Å². The van der Waals surface area contributed by atoms with Crippen LogP contribution in [0.5, 0.6) is 0 Å². The number of rotatable bonds is 7. The highest BCUT2D eigenvalue weighted by Gasteiger charge is 2.09. The lowest BCUT2D eigenvalue weighted by Gasteiger charge is -2.10. The fraction of sp³-hybridized carbons (Fsp3) is 0.158. The van der Waals surface area contributed by atoms with Crippen molar-refractivity contribution in [1.29, 1.82) is 0 Å². The molecule has 0 aliphatic carbocycles. The highest BCUT2D eigenvalue weighted by Crippen LogP contribution is 2.19. The van der Waals surface area contributed by atoms with E-state index in [0.717, 1.165) is 17.7 Å². The quantitative estimate of drug-likeness (QED) is 0.484. The Labute approximate surface area is 156 Å². The summed E-state index contributed by atoms with van der Waals surface area (Å²) in [6.45, 7) is 1.93. The molecule has 3 rings (SSSR count). The van der Waals surface area contributed by atoms with Crippen molar-refractivity contribution < 1.29 is 13.9 Å². The molecule has 2 heterocycles. The average molecular weight is 365 g/mol. The Hall–Kier alpha value is -3.68. The van der Waals surface area contributed by atoms with E-state index in [-0.39, 0.29) is 18.4 Å². The minimum absolute atomic E-state index is 0.0404. The first-order valence-electron chi connectivity index (χ1n) is 8.37. The number of nitrogens with zero attached hydrogens (tertiary/aromatic N) is 3. The van der Waals surface area contributed by atoms with Gasteiger partial charge in [-0.1, -0.05) is 25.1 Å².